The summed E-state index contributed by atoms with van der Waals surface area (Å²) in [4.78, 5) is 19.5. The first-order chi connectivity index (χ1) is 9.25. The Labute approximate surface area is 112 Å². The minimum absolute atomic E-state index is 0.162. The number of furan rings is 1. The molecular weight excluding hydrogens is 264 g/mol. The Morgan fingerprint density at radius 3 is 2.84 bits per heavy atom. The lowest BCUT2D eigenvalue weighted by Crippen LogP contribution is -2.00. The Morgan fingerprint density at radius 2 is 2.00 bits per heavy atom. The average molecular weight is 272 g/mol. The lowest BCUT2D eigenvalue weighted by atomic mass is 10.3. The van der Waals surface area contributed by atoms with Crippen molar-refractivity contribution in [2.24, 2.45) is 0 Å². The van der Waals surface area contributed by atoms with Crippen LogP contribution < -0.4 is 0 Å². The van der Waals surface area contributed by atoms with Gasteiger partial charge in [-0.2, -0.15) is 0 Å². The van der Waals surface area contributed by atoms with Crippen LogP contribution in [0.2, 0.25) is 0 Å². The Bertz CT molecular complexity index is 754. The van der Waals surface area contributed by atoms with E-state index in [-0.39, 0.29) is 5.56 Å². The smallest absolute Gasteiger partial charge is 0.338 e. The van der Waals surface area contributed by atoms with Crippen molar-refractivity contribution in [2.45, 2.75) is 10.1 Å². The average Bonchev–Trinajstić information content (AvgIpc) is 2.88. The zero-order valence-electron chi connectivity index (χ0n) is 9.61. The summed E-state index contributed by atoms with van der Waals surface area (Å²) in [6, 6.07) is 6.68. The molecule has 0 fully saturated rings. The molecule has 0 spiro atoms. The molecule has 0 saturated carbocycles. The molecule has 0 radical (unpaired) electrons. The van der Waals surface area contributed by atoms with Crippen LogP contribution in [0.3, 0.4) is 0 Å². The van der Waals surface area contributed by atoms with Crippen LogP contribution in [-0.4, -0.2) is 21.0 Å². The number of carboxylic acids is 1. The molecule has 6 heteroatoms. The van der Waals surface area contributed by atoms with Crippen molar-refractivity contribution in [2.75, 3.05) is 0 Å². The quantitative estimate of drug-likeness (QED) is 0.789. The number of aromatic nitrogens is 2. The van der Waals surface area contributed by atoms with Crippen LogP contribution in [0.4, 0.5) is 0 Å². The van der Waals surface area contributed by atoms with E-state index in [1.54, 1.807) is 36.9 Å². The summed E-state index contributed by atoms with van der Waals surface area (Å²) in [5.41, 5.74) is 0.875. The molecule has 3 aromatic heterocycles. The molecule has 0 aromatic carbocycles. The molecule has 0 aliphatic carbocycles. The molecule has 3 rings (SSSR count). The highest BCUT2D eigenvalue weighted by Gasteiger charge is 2.14. The normalized spacial score (nSPS) is 10.7. The molecule has 3 heterocycles. The second kappa shape index (κ2) is 4.74. The molecular formula is C13H8N2O3S. The molecule has 0 bridgehead atoms. The number of hydrogen-bond donors (Lipinski definition) is 1. The number of pyridine rings is 2. The molecule has 0 aliphatic rings. The predicted molar refractivity (Wildman–Crippen MR) is 69.3 cm³/mol. The molecule has 0 amide bonds. The Balaban J connectivity index is 2.06. The van der Waals surface area contributed by atoms with E-state index in [4.69, 9.17) is 9.52 Å². The standard InChI is InChI=1S/C13H8N2O3S/c16-13(17)9-2-1-5-14-12(9)19-11-8-4-7-18-10(8)3-6-15-11/h1-7H,(H,16,17). The number of aromatic carboxylic acids is 1. The maximum atomic E-state index is 11.1. The number of carboxylic acid groups (broad SMARTS) is 1. The molecule has 0 aliphatic heterocycles. The van der Waals surface area contributed by atoms with Gasteiger partial charge in [-0.15, -0.1) is 0 Å². The number of hydrogen-bond acceptors (Lipinski definition) is 5. The fraction of sp³-hybridized carbons (Fsp3) is 0. The lowest BCUT2D eigenvalue weighted by molar-refractivity contribution is 0.0692. The molecule has 3 aromatic rings. The van der Waals surface area contributed by atoms with Crippen LogP contribution in [0.25, 0.3) is 11.0 Å². The number of rotatable bonds is 3. The molecule has 1 N–H and O–H groups in total. The molecule has 0 unspecified atom stereocenters. The van der Waals surface area contributed by atoms with Gasteiger partial charge in [0.2, 0.25) is 0 Å². The highest BCUT2D eigenvalue weighted by Crippen LogP contribution is 2.32. The highest BCUT2D eigenvalue weighted by atomic mass is 32.2. The molecule has 0 saturated heterocycles. The van der Waals surface area contributed by atoms with Crippen molar-refractivity contribution in [1.82, 2.24) is 9.97 Å². The Hall–Kier alpha value is -2.34. The van der Waals surface area contributed by atoms with Gasteiger partial charge < -0.3 is 9.52 Å². The number of nitrogens with zero attached hydrogens (tertiary/aromatic N) is 2. The highest BCUT2D eigenvalue weighted by molar-refractivity contribution is 7.99. The van der Waals surface area contributed by atoms with Crippen molar-refractivity contribution < 1.29 is 14.3 Å². The summed E-state index contributed by atoms with van der Waals surface area (Å²) in [6.07, 6.45) is 4.76. The third-order valence-corrected chi connectivity index (χ3v) is 3.58. The molecule has 0 atom stereocenters. The van der Waals surface area contributed by atoms with Crippen molar-refractivity contribution in [3.63, 3.8) is 0 Å². The van der Waals surface area contributed by atoms with Gasteiger partial charge in [0.25, 0.3) is 0 Å². The van der Waals surface area contributed by atoms with Crippen LogP contribution in [0, 0.1) is 0 Å². The SMILES string of the molecule is O=C(O)c1cccnc1Sc1nccc2occc12. The minimum Gasteiger partial charge on any atom is -0.478 e. The van der Waals surface area contributed by atoms with Crippen LogP contribution in [0.1, 0.15) is 10.4 Å². The number of fused-ring (bicyclic) bond motifs is 1. The minimum atomic E-state index is -1.00. The van der Waals surface area contributed by atoms with Gasteiger partial charge in [0, 0.05) is 12.4 Å². The van der Waals surface area contributed by atoms with E-state index in [1.807, 2.05) is 0 Å². The topological polar surface area (TPSA) is 76.2 Å². The largest absolute Gasteiger partial charge is 0.478 e. The van der Waals surface area contributed by atoms with Gasteiger partial charge in [-0.05, 0) is 36.0 Å². The zero-order valence-corrected chi connectivity index (χ0v) is 10.4. The second-order valence-electron chi connectivity index (χ2n) is 3.71. The third kappa shape index (κ3) is 2.17. The molecule has 19 heavy (non-hydrogen) atoms. The maximum Gasteiger partial charge on any atom is 0.338 e. The van der Waals surface area contributed by atoms with Crippen LogP contribution in [0.5, 0.6) is 0 Å². The molecule has 94 valence electrons. The Morgan fingerprint density at radius 1 is 1.16 bits per heavy atom. The second-order valence-corrected chi connectivity index (χ2v) is 4.69. The van der Waals surface area contributed by atoms with Crippen molar-refractivity contribution in [3.05, 3.63) is 48.5 Å². The first-order valence-corrected chi connectivity index (χ1v) is 6.26. The lowest BCUT2D eigenvalue weighted by Gasteiger charge is -2.04. The van der Waals surface area contributed by atoms with Crippen molar-refractivity contribution in [1.29, 1.82) is 0 Å². The first kappa shape index (κ1) is 11.7. The van der Waals surface area contributed by atoms with E-state index in [9.17, 15) is 4.79 Å². The summed E-state index contributed by atoms with van der Waals surface area (Å²) >= 11 is 1.21. The van der Waals surface area contributed by atoms with Gasteiger partial charge in [0.15, 0.2) is 0 Å². The van der Waals surface area contributed by atoms with Gasteiger partial charge in [-0.3, -0.25) is 0 Å². The van der Waals surface area contributed by atoms with Crippen LogP contribution in [0.15, 0.2) is 57.4 Å². The van der Waals surface area contributed by atoms with Gasteiger partial charge in [-0.25, -0.2) is 14.8 Å². The van der Waals surface area contributed by atoms with E-state index in [0.717, 1.165) is 5.39 Å². The van der Waals surface area contributed by atoms with E-state index in [2.05, 4.69) is 9.97 Å². The summed E-state index contributed by atoms with van der Waals surface area (Å²) in [7, 11) is 0. The van der Waals surface area contributed by atoms with E-state index < -0.39 is 5.97 Å². The van der Waals surface area contributed by atoms with E-state index >= 15 is 0 Å². The maximum absolute atomic E-state index is 11.1. The summed E-state index contributed by atoms with van der Waals surface area (Å²) in [6.45, 7) is 0. The van der Waals surface area contributed by atoms with E-state index in [0.29, 0.717) is 15.6 Å². The van der Waals surface area contributed by atoms with Gasteiger partial charge in [0.05, 0.1) is 17.2 Å². The van der Waals surface area contributed by atoms with Crippen molar-refractivity contribution >= 4 is 28.7 Å². The van der Waals surface area contributed by atoms with Gasteiger partial charge >= 0.3 is 5.97 Å². The van der Waals surface area contributed by atoms with Crippen LogP contribution >= 0.6 is 11.8 Å². The predicted octanol–water partition coefficient (Wildman–Crippen LogP) is 3.07. The van der Waals surface area contributed by atoms with Crippen molar-refractivity contribution in [3.8, 4) is 0 Å². The fourth-order valence-electron chi connectivity index (χ4n) is 1.68. The third-order valence-electron chi connectivity index (χ3n) is 2.54. The molecule has 5 nitrogen and oxygen atoms in total. The zero-order chi connectivity index (χ0) is 13.2. The van der Waals surface area contributed by atoms with E-state index in [1.165, 1.54) is 17.8 Å². The summed E-state index contributed by atoms with van der Waals surface area (Å²) in [5.74, 6) is -1.00. The van der Waals surface area contributed by atoms with Gasteiger partial charge in [-0.1, -0.05) is 0 Å². The van der Waals surface area contributed by atoms with Crippen LogP contribution in [-0.2, 0) is 0 Å². The fourth-order valence-corrected chi connectivity index (χ4v) is 2.63. The monoisotopic (exact) mass is 272 g/mol. The summed E-state index contributed by atoms with van der Waals surface area (Å²) in [5, 5.41) is 11.1. The summed E-state index contributed by atoms with van der Waals surface area (Å²) < 4.78 is 5.28. The number of carbonyl (C=O) groups is 1. The van der Waals surface area contributed by atoms with Gasteiger partial charge in [0.1, 0.15) is 15.6 Å². The first-order valence-electron chi connectivity index (χ1n) is 5.44. The Kier molecular flexibility index (Phi) is 2.92.